The number of aromatic nitrogens is 4. The molecule has 0 aliphatic heterocycles. The third kappa shape index (κ3) is 2.42. The van der Waals surface area contributed by atoms with Crippen LogP contribution in [-0.2, 0) is 13.6 Å². The minimum Gasteiger partial charge on any atom is -0.328 e. The van der Waals surface area contributed by atoms with E-state index in [4.69, 9.17) is 12.2 Å². The van der Waals surface area contributed by atoms with E-state index in [0.717, 1.165) is 34.6 Å². The van der Waals surface area contributed by atoms with Crippen molar-refractivity contribution in [2.75, 3.05) is 12.0 Å². The Morgan fingerprint density at radius 3 is 2.88 bits per heavy atom. The van der Waals surface area contributed by atoms with Crippen molar-refractivity contribution in [1.29, 1.82) is 0 Å². The van der Waals surface area contributed by atoms with Crippen LogP contribution in [-0.4, -0.2) is 31.3 Å². The fraction of sp³-hybridized carbons (Fsp3) is 0.636. The predicted octanol–water partition coefficient (Wildman–Crippen LogP) is 2.88. The van der Waals surface area contributed by atoms with Gasteiger partial charge in [-0.25, -0.2) is 0 Å². The number of unbranched alkanes of at least 4 members (excludes halogenated alkanes) is 1. The SMILES string of the molecule is CSCCCCn1c(=S)[nH]c2c(C)nn(C)c21. The Morgan fingerprint density at radius 2 is 2.18 bits per heavy atom. The number of fused-ring (bicyclic) bond motifs is 1. The van der Waals surface area contributed by atoms with Crippen molar-refractivity contribution in [3.05, 3.63) is 10.5 Å². The summed E-state index contributed by atoms with van der Waals surface area (Å²) in [6.07, 6.45) is 4.53. The second kappa shape index (κ2) is 5.27. The van der Waals surface area contributed by atoms with Crippen molar-refractivity contribution in [3.63, 3.8) is 0 Å². The molecule has 0 fully saturated rings. The first-order chi connectivity index (χ1) is 8.15. The quantitative estimate of drug-likeness (QED) is 0.670. The molecule has 0 saturated carbocycles. The monoisotopic (exact) mass is 270 g/mol. The maximum Gasteiger partial charge on any atom is 0.179 e. The summed E-state index contributed by atoms with van der Waals surface area (Å²) in [6, 6.07) is 0. The summed E-state index contributed by atoms with van der Waals surface area (Å²) >= 11 is 7.26. The number of hydrogen-bond acceptors (Lipinski definition) is 3. The minimum absolute atomic E-state index is 0.806. The summed E-state index contributed by atoms with van der Waals surface area (Å²) in [7, 11) is 1.97. The highest BCUT2D eigenvalue weighted by Crippen LogP contribution is 2.17. The molecule has 0 radical (unpaired) electrons. The Morgan fingerprint density at radius 1 is 1.41 bits per heavy atom. The molecule has 6 heteroatoms. The summed E-state index contributed by atoms with van der Waals surface area (Å²) in [5, 5.41) is 4.41. The van der Waals surface area contributed by atoms with E-state index in [1.54, 1.807) is 0 Å². The zero-order chi connectivity index (χ0) is 12.4. The fourth-order valence-corrected chi connectivity index (χ4v) is 2.87. The zero-order valence-electron chi connectivity index (χ0n) is 10.5. The van der Waals surface area contributed by atoms with Crippen molar-refractivity contribution in [2.24, 2.45) is 7.05 Å². The third-order valence-corrected chi connectivity index (χ3v) is 3.92. The van der Waals surface area contributed by atoms with E-state index in [1.165, 1.54) is 12.2 Å². The summed E-state index contributed by atoms with van der Waals surface area (Å²) in [6.45, 7) is 2.98. The maximum atomic E-state index is 5.36. The van der Waals surface area contributed by atoms with Crippen LogP contribution in [0.25, 0.3) is 11.2 Å². The average molecular weight is 270 g/mol. The highest BCUT2D eigenvalue weighted by Gasteiger charge is 2.11. The van der Waals surface area contributed by atoms with E-state index >= 15 is 0 Å². The molecule has 0 saturated heterocycles. The van der Waals surface area contributed by atoms with E-state index in [1.807, 2.05) is 30.4 Å². The minimum atomic E-state index is 0.806. The van der Waals surface area contributed by atoms with E-state index in [9.17, 15) is 0 Å². The predicted molar refractivity (Wildman–Crippen MR) is 76.2 cm³/mol. The second-order valence-corrected chi connectivity index (χ2v) is 5.56. The Hall–Kier alpha value is -0.750. The van der Waals surface area contributed by atoms with Gasteiger partial charge in [0.1, 0.15) is 5.52 Å². The van der Waals surface area contributed by atoms with Gasteiger partial charge in [0.05, 0.1) is 5.69 Å². The van der Waals surface area contributed by atoms with Gasteiger partial charge in [-0.1, -0.05) is 0 Å². The van der Waals surface area contributed by atoms with Crippen LogP contribution in [0.1, 0.15) is 18.5 Å². The molecule has 4 nitrogen and oxygen atoms in total. The van der Waals surface area contributed by atoms with Crippen molar-refractivity contribution >= 4 is 35.1 Å². The molecule has 1 N–H and O–H groups in total. The first-order valence-electron chi connectivity index (χ1n) is 5.76. The van der Waals surface area contributed by atoms with Crippen LogP contribution in [0.5, 0.6) is 0 Å². The summed E-state index contributed by atoms with van der Waals surface area (Å²) in [5.74, 6) is 1.21. The van der Waals surface area contributed by atoms with Gasteiger partial charge >= 0.3 is 0 Å². The number of aromatic amines is 1. The maximum absolute atomic E-state index is 5.36. The van der Waals surface area contributed by atoms with Crippen LogP contribution in [0.3, 0.4) is 0 Å². The molecule has 0 aromatic carbocycles. The van der Waals surface area contributed by atoms with Gasteiger partial charge < -0.3 is 9.55 Å². The topological polar surface area (TPSA) is 38.5 Å². The molecule has 0 unspecified atom stereocenters. The third-order valence-electron chi connectivity index (χ3n) is 2.90. The van der Waals surface area contributed by atoms with E-state index in [2.05, 4.69) is 20.9 Å². The number of aryl methyl sites for hydroxylation is 3. The molecule has 0 aliphatic rings. The highest BCUT2D eigenvalue weighted by atomic mass is 32.2. The van der Waals surface area contributed by atoms with Gasteiger partial charge in [0.2, 0.25) is 0 Å². The second-order valence-electron chi connectivity index (χ2n) is 4.19. The molecule has 0 aliphatic carbocycles. The molecule has 2 heterocycles. The van der Waals surface area contributed by atoms with Crippen LogP contribution >= 0.6 is 24.0 Å². The lowest BCUT2D eigenvalue weighted by atomic mass is 10.3. The molecular formula is C11H18N4S2. The van der Waals surface area contributed by atoms with Crippen molar-refractivity contribution < 1.29 is 0 Å². The lowest BCUT2D eigenvalue weighted by Crippen LogP contribution is -2.03. The molecule has 0 spiro atoms. The van der Waals surface area contributed by atoms with Crippen LogP contribution in [0.15, 0.2) is 0 Å². The Labute approximate surface area is 110 Å². The van der Waals surface area contributed by atoms with Crippen molar-refractivity contribution in [2.45, 2.75) is 26.3 Å². The van der Waals surface area contributed by atoms with Gasteiger partial charge in [-0.3, -0.25) is 4.68 Å². The smallest absolute Gasteiger partial charge is 0.179 e. The Kier molecular flexibility index (Phi) is 3.93. The molecule has 0 amide bonds. The van der Waals surface area contributed by atoms with E-state index in [0.29, 0.717) is 0 Å². The van der Waals surface area contributed by atoms with Gasteiger partial charge in [-0.2, -0.15) is 16.9 Å². The lowest BCUT2D eigenvalue weighted by Gasteiger charge is -2.04. The summed E-state index contributed by atoms with van der Waals surface area (Å²) in [4.78, 5) is 3.25. The first-order valence-corrected chi connectivity index (χ1v) is 7.56. The fourth-order valence-electron chi connectivity index (χ4n) is 2.10. The Balaban J connectivity index is 2.26. The van der Waals surface area contributed by atoms with Crippen LogP contribution in [0, 0.1) is 11.7 Å². The van der Waals surface area contributed by atoms with Gasteiger partial charge in [-0.05, 0) is 44.0 Å². The van der Waals surface area contributed by atoms with Gasteiger partial charge in [-0.15, -0.1) is 0 Å². The summed E-state index contributed by atoms with van der Waals surface area (Å²) in [5.41, 5.74) is 3.19. The molecule has 2 aromatic rings. The molecule has 2 aromatic heterocycles. The number of rotatable bonds is 5. The number of hydrogen-bond donors (Lipinski definition) is 1. The summed E-state index contributed by atoms with van der Waals surface area (Å²) < 4.78 is 4.87. The number of thioether (sulfide) groups is 1. The highest BCUT2D eigenvalue weighted by molar-refractivity contribution is 7.98. The molecule has 0 bridgehead atoms. The average Bonchev–Trinajstić information content (AvgIpc) is 2.74. The van der Waals surface area contributed by atoms with E-state index in [-0.39, 0.29) is 0 Å². The van der Waals surface area contributed by atoms with Gasteiger partial charge in [0.25, 0.3) is 0 Å². The van der Waals surface area contributed by atoms with Crippen LogP contribution in [0.2, 0.25) is 0 Å². The van der Waals surface area contributed by atoms with Crippen molar-refractivity contribution in [1.82, 2.24) is 19.3 Å². The standard InChI is InChI=1S/C11H18N4S2/c1-8-9-10(14(2)13-8)15(11(16)12-9)6-4-5-7-17-3/h4-7H2,1-3H3,(H,12,16). The normalized spacial score (nSPS) is 11.5. The molecular weight excluding hydrogens is 252 g/mol. The first kappa shape index (κ1) is 12.7. The molecule has 2 rings (SSSR count). The largest absolute Gasteiger partial charge is 0.328 e. The van der Waals surface area contributed by atoms with Gasteiger partial charge in [0, 0.05) is 13.6 Å². The van der Waals surface area contributed by atoms with Crippen LogP contribution in [0.4, 0.5) is 0 Å². The van der Waals surface area contributed by atoms with Crippen LogP contribution < -0.4 is 0 Å². The lowest BCUT2D eigenvalue weighted by molar-refractivity contribution is 0.620. The number of nitrogens with zero attached hydrogens (tertiary/aromatic N) is 3. The zero-order valence-corrected chi connectivity index (χ0v) is 12.1. The van der Waals surface area contributed by atoms with Gasteiger partial charge in [0.15, 0.2) is 10.4 Å². The number of H-pyrrole nitrogens is 1. The Bertz CT molecular complexity index is 564. The molecule has 17 heavy (non-hydrogen) atoms. The van der Waals surface area contributed by atoms with Crippen molar-refractivity contribution in [3.8, 4) is 0 Å². The van der Waals surface area contributed by atoms with E-state index < -0.39 is 0 Å². The molecule has 94 valence electrons. The molecule has 0 atom stereocenters. The number of imidazole rings is 1. The number of nitrogens with one attached hydrogen (secondary N) is 1.